The van der Waals surface area contributed by atoms with Gasteiger partial charge in [-0.15, -0.1) is 0 Å². The van der Waals surface area contributed by atoms with E-state index in [0.29, 0.717) is 37.0 Å². The first kappa shape index (κ1) is 19.3. The lowest BCUT2D eigenvalue weighted by Crippen LogP contribution is -2.39. The van der Waals surface area contributed by atoms with Crippen LogP contribution in [0.1, 0.15) is 12.0 Å². The van der Waals surface area contributed by atoms with Crippen LogP contribution in [0.5, 0.6) is 17.4 Å². The number of carbonyl (C=O) groups is 1. The number of methoxy groups -OCH3 is 2. The van der Waals surface area contributed by atoms with Gasteiger partial charge in [0.2, 0.25) is 5.88 Å². The molecule has 2 amide bonds. The number of hydrogen-bond acceptors (Lipinski definition) is 5. The highest BCUT2D eigenvalue weighted by atomic mass is 79.9. The summed E-state index contributed by atoms with van der Waals surface area (Å²) in [6.07, 6.45) is 2.42. The molecular weight excluding hydrogens is 414 g/mol. The summed E-state index contributed by atoms with van der Waals surface area (Å²) in [5.41, 5.74) is 0.937. The molecule has 27 heavy (non-hydrogen) atoms. The fourth-order valence-electron chi connectivity index (χ4n) is 2.89. The van der Waals surface area contributed by atoms with Crippen LogP contribution in [-0.4, -0.2) is 49.3 Å². The van der Waals surface area contributed by atoms with Gasteiger partial charge in [-0.2, -0.15) is 0 Å². The van der Waals surface area contributed by atoms with Gasteiger partial charge in [-0.25, -0.2) is 9.78 Å². The van der Waals surface area contributed by atoms with Crippen molar-refractivity contribution in [2.24, 2.45) is 0 Å². The predicted molar refractivity (Wildman–Crippen MR) is 104 cm³/mol. The minimum Gasteiger partial charge on any atom is -0.493 e. The number of carbonyl (C=O) groups excluding carboxylic acids is 1. The van der Waals surface area contributed by atoms with Crippen LogP contribution in [0.3, 0.4) is 0 Å². The predicted octanol–water partition coefficient (Wildman–Crippen LogP) is 3.22. The molecule has 1 aromatic carbocycles. The van der Waals surface area contributed by atoms with Crippen LogP contribution in [0.25, 0.3) is 0 Å². The Balaban J connectivity index is 1.49. The van der Waals surface area contributed by atoms with Crippen LogP contribution in [-0.2, 0) is 6.54 Å². The quantitative estimate of drug-likeness (QED) is 0.753. The van der Waals surface area contributed by atoms with Crippen molar-refractivity contribution in [3.05, 3.63) is 46.6 Å². The number of aromatic nitrogens is 1. The summed E-state index contributed by atoms with van der Waals surface area (Å²) in [5.74, 6) is 1.87. The maximum absolute atomic E-state index is 12.4. The number of ether oxygens (including phenoxy) is 3. The zero-order valence-corrected chi connectivity index (χ0v) is 16.9. The number of nitrogens with one attached hydrogen (secondary N) is 1. The van der Waals surface area contributed by atoms with Crippen LogP contribution in [0, 0.1) is 0 Å². The Labute approximate surface area is 166 Å². The van der Waals surface area contributed by atoms with Gasteiger partial charge in [0.05, 0.1) is 20.8 Å². The zero-order chi connectivity index (χ0) is 19.2. The first-order valence-corrected chi connectivity index (χ1v) is 9.40. The molecule has 1 aliphatic rings. The lowest BCUT2D eigenvalue weighted by Gasteiger charge is -2.18. The fraction of sp³-hybridized carbons (Fsp3) is 0.368. The average Bonchev–Trinajstić information content (AvgIpc) is 3.16. The molecule has 0 radical (unpaired) electrons. The third kappa shape index (κ3) is 5.03. The third-order valence-corrected chi connectivity index (χ3v) is 4.78. The SMILES string of the molecule is COc1ccc(CNC(=O)N2CCC(Oc3ccc(Br)cn3)C2)cc1OC. The van der Waals surface area contributed by atoms with E-state index in [-0.39, 0.29) is 12.1 Å². The van der Waals surface area contributed by atoms with Crippen LogP contribution in [0.2, 0.25) is 0 Å². The summed E-state index contributed by atoms with van der Waals surface area (Å²) in [7, 11) is 3.18. The first-order valence-electron chi connectivity index (χ1n) is 8.61. The maximum atomic E-state index is 12.4. The lowest BCUT2D eigenvalue weighted by atomic mass is 10.2. The van der Waals surface area contributed by atoms with Crippen LogP contribution < -0.4 is 19.5 Å². The summed E-state index contributed by atoms with van der Waals surface area (Å²) in [4.78, 5) is 18.4. The molecule has 1 atom stereocenters. The number of amides is 2. The monoisotopic (exact) mass is 435 g/mol. The number of nitrogens with zero attached hydrogens (tertiary/aromatic N) is 2. The second kappa shape index (κ2) is 8.94. The number of benzene rings is 1. The number of hydrogen-bond donors (Lipinski definition) is 1. The molecule has 144 valence electrons. The number of pyridine rings is 1. The lowest BCUT2D eigenvalue weighted by molar-refractivity contribution is 0.183. The Bertz CT molecular complexity index is 785. The van der Waals surface area contributed by atoms with E-state index in [4.69, 9.17) is 14.2 Å². The fourth-order valence-corrected chi connectivity index (χ4v) is 3.13. The maximum Gasteiger partial charge on any atom is 0.317 e. The van der Waals surface area contributed by atoms with E-state index in [1.54, 1.807) is 25.3 Å². The molecule has 1 N–H and O–H groups in total. The van der Waals surface area contributed by atoms with Gasteiger partial charge >= 0.3 is 6.03 Å². The van der Waals surface area contributed by atoms with Gasteiger partial charge in [0.25, 0.3) is 0 Å². The Morgan fingerprint density at radius 1 is 1.26 bits per heavy atom. The van der Waals surface area contributed by atoms with Gasteiger partial charge in [-0.05, 0) is 39.7 Å². The van der Waals surface area contributed by atoms with Gasteiger partial charge in [-0.3, -0.25) is 0 Å². The Hall–Kier alpha value is -2.48. The Morgan fingerprint density at radius 3 is 2.78 bits per heavy atom. The van der Waals surface area contributed by atoms with Gasteiger partial charge in [0.15, 0.2) is 11.5 Å². The van der Waals surface area contributed by atoms with E-state index >= 15 is 0 Å². The molecule has 1 aromatic heterocycles. The molecule has 0 spiro atoms. The molecule has 2 heterocycles. The van der Waals surface area contributed by atoms with Crippen molar-refractivity contribution in [3.8, 4) is 17.4 Å². The molecular formula is C19H22BrN3O4. The second-order valence-electron chi connectivity index (χ2n) is 6.14. The van der Waals surface area contributed by atoms with E-state index in [2.05, 4.69) is 26.2 Å². The molecule has 0 saturated carbocycles. The second-order valence-corrected chi connectivity index (χ2v) is 7.05. The zero-order valence-electron chi connectivity index (χ0n) is 15.3. The molecule has 1 saturated heterocycles. The van der Waals surface area contributed by atoms with E-state index in [1.807, 2.05) is 30.3 Å². The van der Waals surface area contributed by atoms with Crippen molar-refractivity contribution in [1.82, 2.24) is 15.2 Å². The summed E-state index contributed by atoms with van der Waals surface area (Å²) < 4.78 is 17.3. The van der Waals surface area contributed by atoms with Crippen molar-refractivity contribution in [1.29, 1.82) is 0 Å². The molecule has 8 heteroatoms. The van der Waals surface area contributed by atoms with Crippen molar-refractivity contribution in [2.75, 3.05) is 27.3 Å². The largest absolute Gasteiger partial charge is 0.493 e. The van der Waals surface area contributed by atoms with Crippen molar-refractivity contribution < 1.29 is 19.0 Å². The minimum atomic E-state index is -0.111. The first-order chi connectivity index (χ1) is 13.1. The number of halogens is 1. The van der Waals surface area contributed by atoms with E-state index in [9.17, 15) is 4.79 Å². The normalized spacial score (nSPS) is 16.1. The minimum absolute atomic E-state index is 0.0505. The van der Waals surface area contributed by atoms with Gasteiger partial charge in [-0.1, -0.05) is 6.07 Å². The summed E-state index contributed by atoms with van der Waals surface area (Å²) in [6, 6.07) is 9.16. The summed E-state index contributed by atoms with van der Waals surface area (Å²) in [6.45, 7) is 1.60. The van der Waals surface area contributed by atoms with E-state index in [0.717, 1.165) is 16.5 Å². The molecule has 1 aliphatic heterocycles. The van der Waals surface area contributed by atoms with Crippen molar-refractivity contribution >= 4 is 22.0 Å². The Kier molecular flexibility index (Phi) is 6.39. The molecule has 1 fully saturated rings. The molecule has 1 unspecified atom stereocenters. The van der Waals surface area contributed by atoms with Crippen molar-refractivity contribution in [2.45, 2.75) is 19.1 Å². The van der Waals surface area contributed by atoms with Gasteiger partial charge in [0.1, 0.15) is 6.10 Å². The van der Waals surface area contributed by atoms with Crippen molar-refractivity contribution in [3.63, 3.8) is 0 Å². The molecule has 3 rings (SSSR count). The average molecular weight is 436 g/mol. The van der Waals surface area contributed by atoms with Gasteiger partial charge in [0, 0.05) is 36.2 Å². The number of rotatable bonds is 6. The standard InChI is InChI=1S/C19H22BrN3O4/c1-25-16-5-3-13(9-17(16)26-2)10-22-19(24)23-8-7-15(12-23)27-18-6-4-14(20)11-21-18/h3-6,9,11,15H,7-8,10,12H2,1-2H3,(H,22,24). The molecule has 0 bridgehead atoms. The number of urea groups is 1. The van der Waals surface area contributed by atoms with Crippen LogP contribution in [0.15, 0.2) is 41.0 Å². The number of likely N-dealkylation sites (tertiary alicyclic amines) is 1. The summed E-state index contributed by atoms with van der Waals surface area (Å²) >= 11 is 3.35. The van der Waals surface area contributed by atoms with Crippen LogP contribution >= 0.6 is 15.9 Å². The third-order valence-electron chi connectivity index (χ3n) is 4.31. The highest BCUT2D eigenvalue weighted by Gasteiger charge is 2.27. The summed E-state index contributed by atoms with van der Waals surface area (Å²) in [5, 5.41) is 2.93. The topological polar surface area (TPSA) is 72.9 Å². The highest BCUT2D eigenvalue weighted by molar-refractivity contribution is 9.10. The highest BCUT2D eigenvalue weighted by Crippen LogP contribution is 2.27. The van der Waals surface area contributed by atoms with E-state index in [1.165, 1.54) is 0 Å². The van der Waals surface area contributed by atoms with Gasteiger partial charge < -0.3 is 24.4 Å². The smallest absolute Gasteiger partial charge is 0.317 e. The Morgan fingerprint density at radius 2 is 2.07 bits per heavy atom. The van der Waals surface area contributed by atoms with Crippen LogP contribution in [0.4, 0.5) is 4.79 Å². The molecule has 0 aliphatic carbocycles. The molecule has 7 nitrogen and oxygen atoms in total. The van der Waals surface area contributed by atoms with E-state index < -0.39 is 0 Å². The molecule has 2 aromatic rings.